The predicted octanol–water partition coefficient (Wildman–Crippen LogP) is 1.61. The molecule has 2 fully saturated rings. The van der Waals surface area contributed by atoms with Crippen LogP contribution in [0.2, 0.25) is 0 Å². The summed E-state index contributed by atoms with van der Waals surface area (Å²) in [5.41, 5.74) is 6.73. The molecule has 3 aliphatic rings. The zero-order valence-electron chi connectivity index (χ0n) is 12.0. The molecule has 1 unspecified atom stereocenters. The van der Waals surface area contributed by atoms with Crippen molar-refractivity contribution in [2.45, 2.75) is 25.3 Å². The molecule has 0 aromatic heterocycles. The molecule has 1 saturated carbocycles. The second-order valence-corrected chi connectivity index (χ2v) is 6.37. The van der Waals surface area contributed by atoms with Crippen LogP contribution in [0.15, 0.2) is 18.2 Å². The van der Waals surface area contributed by atoms with E-state index in [-0.39, 0.29) is 12.7 Å². The fourth-order valence-corrected chi connectivity index (χ4v) is 3.85. The molecule has 1 saturated heterocycles. The summed E-state index contributed by atoms with van der Waals surface area (Å²) in [7, 11) is 0. The van der Waals surface area contributed by atoms with Crippen LogP contribution in [0, 0.1) is 11.8 Å². The lowest BCUT2D eigenvalue weighted by molar-refractivity contribution is 0.0783. The number of rotatable bonds is 1. The summed E-state index contributed by atoms with van der Waals surface area (Å²) in [6.45, 7) is 1.94. The summed E-state index contributed by atoms with van der Waals surface area (Å²) in [6, 6.07) is 5.74. The Labute approximate surface area is 124 Å². The van der Waals surface area contributed by atoms with Gasteiger partial charge in [0, 0.05) is 24.7 Å². The Balaban J connectivity index is 1.50. The Morgan fingerprint density at radius 3 is 2.86 bits per heavy atom. The van der Waals surface area contributed by atoms with E-state index in [0.717, 1.165) is 32.4 Å². The molecule has 5 heteroatoms. The zero-order chi connectivity index (χ0) is 14.4. The maximum Gasteiger partial charge on any atom is 0.254 e. The molecule has 2 aliphatic heterocycles. The van der Waals surface area contributed by atoms with Crippen LogP contribution in [0.1, 0.15) is 29.6 Å². The maximum absolute atomic E-state index is 12.7. The first-order chi connectivity index (χ1) is 10.2. The summed E-state index contributed by atoms with van der Waals surface area (Å²) < 4.78 is 10.6. The summed E-state index contributed by atoms with van der Waals surface area (Å²) in [4.78, 5) is 14.6. The monoisotopic (exact) mass is 288 g/mol. The van der Waals surface area contributed by atoms with Crippen LogP contribution in [0.3, 0.4) is 0 Å². The first-order valence-corrected chi connectivity index (χ1v) is 7.65. The Bertz CT molecular complexity index is 575. The predicted molar refractivity (Wildman–Crippen MR) is 77.3 cm³/mol. The van der Waals surface area contributed by atoms with Gasteiger partial charge in [-0.1, -0.05) is 0 Å². The van der Waals surface area contributed by atoms with Gasteiger partial charge in [-0.3, -0.25) is 4.79 Å². The Morgan fingerprint density at radius 2 is 1.95 bits per heavy atom. The lowest BCUT2D eigenvalue weighted by Gasteiger charge is -2.27. The van der Waals surface area contributed by atoms with Gasteiger partial charge in [0.25, 0.3) is 5.91 Å². The normalized spacial score (nSPS) is 30.3. The van der Waals surface area contributed by atoms with Crippen LogP contribution in [-0.4, -0.2) is 36.7 Å². The molecule has 0 spiro atoms. The zero-order valence-corrected chi connectivity index (χ0v) is 12.0. The third-order valence-electron chi connectivity index (χ3n) is 5.00. The lowest BCUT2D eigenvalue weighted by atomic mass is 9.79. The van der Waals surface area contributed by atoms with Crippen molar-refractivity contribution < 1.29 is 14.3 Å². The van der Waals surface area contributed by atoms with Gasteiger partial charge in [-0.05, 0) is 49.3 Å². The van der Waals surface area contributed by atoms with Gasteiger partial charge in [0.05, 0.1) is 0 Å². The van der Waals surface area contributed by atoms with Crippen molar-refractivity contribution in [2.75, 3.05) is 19.9 Å². The molecule has 0 radical (unpaired) electrons. The van der Waals surface area contributed by atoms with Crippen LogP contribution >= 0.6 is 0 Å². The number of benzene rings is 1. The first kappa shape index (κ1) is 13.0. The molecule has 1 amide bonds. The Morgan fingerprint density at radius 1 is 1.14 bits per heavy atom. The van der Waals surface area contributed by atoms with Crippen LogP contribution < -0.4 is 15.2 Å². The number of hydrogen-bond donors (Lipinski definition) is 1. The van der Waals surface area contributed by atoms with Crippen molar-refractivity contribution in [1.29, 1.82) is 0 Å². The smallest absolute Gasteiger partial charge is 0.254 e. The molecule has 3 atom stereocenters. The van der Waals surface area contributed by atoms with Crippen molar-refractivity contribution in [3.8, 4) is 11.5 Å². The van der Waals surface area contributed by atoms with E-state index in [0.29, 0.717) is 34.9 Å². The number of hydrogen-bond acceptors (Lipinski definition) is 4. The van der Waals surface area contributed by atoms with Crippen LogP contribution in [0.25, 0.3) is 0 Å². The van der Waals surface area contributed by atoms with E-state index in [1.807, 2.05) is 17.0 Å². The number of fused-ring (bicyclic) bond motifs is 2. The van der Waals surface area contributed by atoms with Crippen molar-refractivity contribution in [2.24, 2.45) is 17.6 Å². The largest absolute Gasteiger partial charge is 0.454 e. The number of nitrogens with two attached hydrogens (primary N) is 1. The lowest BCUT2D eigenvalue weighted by Crippen LogP contribution is -2.32. The molecule has 1 aromatic carbocycles. The highest BCUT2D eigenvalue weighted by atomic mass is 16.7. The van der Waals surface area contributed by atoms with Gasteiger partial charge in [0.2, 0.25) is 6.79 Å². The van der Waals surface area contributed by atoms with E-state index in [2.05, 4.69) is 0 Å². The first-order valence-electron chi connectivity index (χ1n) is 7.65. The maximum atomic E-state index is 12.7. The quantitative estimate of drug-likeness (QED) is 0.853. The molecule has 21 heavy (non-hydrogen) atoms. The average Bonchev–Trinajstić information content (AvgIpc) is 3.11. The Kier molecular flexibility index (Phi) is 3.03. The van der Waals surface area contributed by atoms with Crippen LogP contribution in [0.5, 0.6) is 11.5 Å². The van der Waals surface area contributed by atoms with E-state index in [9.17, 15) is 4.79 Å². The van der Waals surface area contributed by atoms with E-state index >= 15 is 0 Å². The molecule has 4 rings (SSSR count). The van der Waals surface area contributed by atoms with Gasteiger partial charge in [0.1, 0.15) is 0 Å². The molecule has 5 nitrogen and oxygen atoms in total. The van der Waals surface area contributed by atoms with E-state index in [1.54, 1.807) is 6.07 Å². The van der Waals surface area contributed by atoms with E-state index in [4.69, 9.17) is 15.2 Å². The van der Waals surface area contributed by atoms with Gasteiger partial charge in [0.15, 0.2) is 11.5 Å². The summed E-state index contributed by atoms with van der Waals surface area (Å²) in [5.74, 6) is 2.68. The highest BCUT2D eigenvalue weighted by Gasteiger charge is 2.38. The molecule has 0 bridgehead atoms. The van der Waals surface area contributed by atoms with Crippen LogP contribution in [0.4, 0.5) is 0 Å². The topological polar surface area (TPSA) is 64.8 Å². The molecule has 1 aromatic rings. The summed E-state index contributed by atoms with van der Waals surface area (Å²) >= 11 is 0. The highest BCUT2D eigenvalue weighted by Crippen LogP contribution is 2.37. The third kappa shape index (κ3) is 2.25. The highest BCUT2D eigenvalue weighted by molar-refractivity contribution is 5.95. The minimum Gasteiger partial charge on any atom is -0.454 e. The molecular weight excluding hydrogens is 268 g/mol. The SMILES string of the molecule is NC1CC[C@@H]2CN(C(=O)c3ccc4c(c3)OCO4)C[C@@H]2C1. The fourth-order valence-electron chi connectivity index (χ4n) is 3.85. The van der Waals surface area contributed by atoms with E-state index < -0.39 is 0 Å². The van der Waals surface area contributed by atoms with Crippen molar-refractivity contribution >= 4 is 5.91 Å². The Hall–Kier alpha value is -1.75. The molecular formula is C16H20N2O3. The van der Waals surface area contributed by atoms with Gasteiger partial charge >= 0.3 is 0 Å². The summed E-state index contributed by atoms with van der Waals surface area (Å²) in [6.07, 6.45) is 3.29. The third-order valence-corrected chi connectivity index (χ3v) is 5.00. The molecule has 1 aliphatic carbocycles. The number of amides is 1. The molecule has 112 valence electrons. The summed E-state index contributed by atoms with van der Waals surface area (Å²) in [5, 5.41) is 0. The molecule has 2 heterocycles. The minimum atomic E-state index is 0.0938. The second-order valence-electron chi connectivity index (χ2n) is 6.37. The number of ether oxygens (including phenoxy) is 2. The standard InChI is InChI=1S/C16H20N2O3/c17-13-3-1-11-7-18(8-12(11)5-13)16(19)10-2-4-14-15(6-10)21-9-20-14/h2,4,6,11-13H,1,3,5,7-9,17H2/t11-,12+,13?/m1/s1. The van der Waals surface area contributed by atoms with Gasteiger partial charge in [-0.25, -0.2) is 0 Å². The minimum absolute atomic E-state index is 0.0938. The van der Waals surface area contributed by atoms with Crippen molar-refractivity contribution in [3.63, 3.8) is 0 Å². The number of nitrogens with zero attached hydrogens (tertiary/aromatic N) is 1. The van der Waals surface area contributed by atoms with E-state index in [1.165, 1.54) is 0 Å². The van der Waals surface area contributed by atoms with Gasteiger partial charge in [-0.15, -0.1) is 0 Å². The molecule has 2 N–H and O–H groups in total. The fraction of sp³-hybridized carbons (Fsp3) is 0.562. The van der Waals surface area contributed by atoms with Gasteiger partial charge < -0.3 is 20.1 Å². The number of carbonyl (C=O) groups excluding carboxylic acids is 1. The average molecular weight is 288 g/mol. The van der Waals surface area contributed by atoms with Crippen LogP contribution in [-0.2, 0) is 0 Å². The van der Waals surface area contributed by atoms with Gasteiger partial charge in [-0.2, -0.15) is 0 Å². The van der Waals surface area contributed by atoms with Crippen molar-refractivity contribution in [1.82, 2.24) is 4.90 Å². The van der Waals surface area contributed by atoms with Crippen molar-refractivity contribution in [3.05, 3.63) is 23.8 Å². The second kappa shape index (κ2) is 4.91. The number of likely N-dealkylation sites (tertiary alicyclic amines) is 1. The number of carbonyl (C=O) groups is 1.